The fourth-order valence-electron chi connectivity index (χ4n) is 2.75. The summed E-state index contributed by atoms with van der Waals surface area (Å²) in [6.45, 7) is 0.813. The fourth-order valence-corrected chi connectivity index (χ4v) is 4.31. The lowest BCUT2D eigenvalue weighted by atomic mass is 10.1. The lowest BCUT2D eigenvalue weighted by molar-refractivity contribution is -0.134. The molecular weight excluding hydrogens is 281 g/mol. The van der Waals surface area contributed by atoms with Crippen molar-refractivity contribution < 1.29 is 21.6 Å². The standard InChI is InChI=1S/C11H19F3N2O2S/c12-11(13,14)5-1-7-19(17,18)16-6-4-9-2-3-10(8-16)15-9/h9-10,15H,1-8H2. The van der Waals surface area contributed by atoms with Crippen LogP contribution >= 0.6 is 0 Å². The van der Waals surface area contributed by atoms with E-state index >= 15 is 0 Å². The lowest BCUT2D eigenvalue weighted by Crippen LogP contribution is -2.40. The third-order valence-corrected chi connectivity index (χ3v) is 5.66. The van der Waals surface area contributed by atoms with Crippen LogP contribution in [0.3, 0.4) is 0 Å². The van der Waals surface area contributed by atoms with E-state index in [9.17, 15) is 21.6 Å². The third kappa shape index (κ3) is 4.32. The highest BCUT2D eigenvalue weighted by molar-refractivity contribution is 7.89. The van der Waals surface area contributed by atoms with Crippen LogP contribution in [0.15, 0.2) is 0 Å². The summed E-state index contributed by atoms with van der Waals surface area (Å²) in [5.74, 6) is -0.413. The predicted molar refractivity (Wildman–Crippen MR) is 65.2 cm³/mol. The zero-order chi connectivity index (χ0) is 14.1. The Morgan fingerprint density at radius 1 is 1.16 bits per heavy atom. The Morgan fingerprint density at radius 3 is 2.53 bits per heavy atom. The van der Waals surface area contributed by atoms with Crippen molar-refractivity contribution in [2.45, 2.75) is 50.4 Å². The molecule has 4 nitrogen and oxygen atoms in total. The zero-order valence-corrected chi connectivity index (χ0v) is 11.4. The largest absolute Gasteiger partial charge is 0.389 e. The first-order chi connectivity index (χ1) is 8.76. The summed E-state index contributed by atoms with van der Waals surface area (Å²) in [6.07, 6.45) is -2.93. The van der Waals surface area contributed by atoms with Crippen molar-refractivity contribution in [2.75, 3.05) is 18.8 Å². The highest BCUT2D eigenvalue weighted by Gasteiger charge is 2.34. The number of alkyl halides is 3. The van der Waals surface area contributed by atoms with Crippen molar-refractivity contribution in [1.82, 2.24) is 9.62 Å². The van der Waals surface area contributed by atoms with Crippen LogP contribution in [0.1, 0.15) is 32.1 Å². The second-order valence-electron chi connectivity index (χ2n) is 5.32. The average molecular weight is 300 g/mol. The summed E-state index contributed by atoms with van der Waals surface area (Å²) in [5, 5.41) is 3.35. The molecule has 0 aromatic rings. The van der Waals surface area contributed by atoms with E-state index in [1.54, 1.807) is 0 Å². The maximum atomic E-state index is 12.0. The molecule has 0 radical (unpaired) electrons. The average Bonchev–Trinajstić information content (AvgIpc) is 2.55. The third-order valence-electron chi connectivity index (χ3n) is 3.74. The molecule has 2 rings (SSSR count). The van der Waals surface area contributed by atoms with E-state index in [2.05, 4.69) is 5.32 Å². The van der Waals surface area contributed by atoms with Crippen LogP contribution in [0, 0.1) is 0 Å². The van der Waals surface area contributed by atoms with Gasteiger partial charge in [0.25, 0.3) is 0 Å². The van der Waals surface area contributed by atoms with Gasteiger partial charge in [0.1, 0.15) is 0 Å². The first-order valence-electron chi connectivity index (χ1n) is 6.57. The molecule has 8 heteroatoms. The number of sulfonamides is 1. The van der Waals surface area contributed by atoms with E-state index in [0.717, 1.165) is 19.3 Å². The molecule has 112 valence electrons. The van der Waals surface area contributed by atoms with Gasteiger partial charge in [0.2, 0.25) is 10.0 Å². The molecule has 2 atom stereocenters. The van der Waals surface area contributed by atoms with Gasteiger partial charge in [0, 0.05) is 31.6 Å². The van der Waals surface area contributed by atoms with Gasteiger partial charge >= 0.3 is 6.18 Å². The Labute approximate surface area is 111 Å². The molecule has 19 heavy (non-hydrogen) atoms. The molecule has 0 aromatic heterocycles. The van der Waals surface area contributed by atoms with Crippen LogP contribution in [-0.4, -0.2) is 49.8 Å². The van der Waals surface area contributed by atoms with Gasteiger partial charge in [-0.15, -0.1) is 0 Å². The van der Waals surface area contributed by atoms with Gasteiger partial charge in [-0.05, 0) is 25.7 Å². The first kappa shape index (κ1) is 15.1. The molecule has 2 unspecified atom stereocenters. The van der Waals surface area contributed by atoms with Crippen molar-refractivity contribution in [3.8, 4) is 0 Å². The molecule has 2 fully saturated rings. The smallest absolute Gasteiger partial charge is 0.310 e. The molecule has 2 bridgehead atoms. The highest BCUT2D eigenvalue weighted by atomic mass is 32.2. The van der Waals surface area contributed by atoms with Crippen molar-refractivity contribution in [1.29, 1.82) is 0 Å². The van der Waals surface area contributed by atoms with Crippen LogP contribution in [-0.2, 0) is 10.0 Å². The van der Waals surface area contributed by atoms with Crippen molar-refractivity contribution in [3.05, 3.63) is 0 Å². The number of hydrogen-bond acceptors (Lipinski definition) is 3. The number of fused-ring (bicyclic) bond motifs is 2. The molecule has 0 amide bonds. The fraction of sp³-hybridized carbons (Fsp3) is 1.00. The number of hydrogen-bond donors (Lipinski definition) is 1. The molecular formula is C11H19F3N2O2S. The molecule has 1 N–H and O–H groups in total. The minimum absolute atomic E-state index is 0.157. The molecule has 2 aliphatic rings. The van der Waals surface area contributed by atoms with Crippen LogP contribution < -0.4 is 5.32 Å². The molecule has 0 aromatic carbocycles. The van der Waals surface area contributed by atoms with E-state index < -0.39 is 28.4 Å². The predicted octanol–water partition coefficient (Wildman–Crippen LogP) is 1.49. The minimum atomic E-state index is -4.28. The van der Waals surface area contributed by atoms with Crippen molar-refractivity contribution in [2.24, 2.45) is 0 Å². The SMILES string of the molecule is O=S(=O)(CCCC(F)(F)F)N1CCC2CCC(C1)N2. The van der Waals surface area contributed by atoms with Gasteiger partial charge in [-0.2, -0.15) is 13.2 Å². The van der Waals surface area contributed by atoms with E-state index in [4.69, 9.17) is 0 Å². The Balaban J connectivity index is 1.88. The normalized spacial score (nSPS) is 29.4. The van der Waals surface area contributed by atoms with E-state index in [0.29, 0.717) is 19.1 Å². The van der Waals surface area contributed by atoms with Gasteiger partial charge in [-0.3, -0.25) is 0 Å². The zero-order valence-electron chi connectivity index (χ0n) is 10.6. The number of nitrogens with zero attached hydrogens (tertiary/aromatic N) is 1. The van der Waals surface area contributed by atoms with E-state index in [1.165, 1.54) is 4.31 Å². The first-order valence-corrected chi connectivity index (χ1v) is 8.18. The molecule has 2 heterocycles. The monoisotopic (exact) mass is 300 g/mol. The Kier molecular flexibility index (Phi) is 4.42. The van der Waals surface area contributed by atoms with Crippen LogP contribution in [0.4, 0.5) is 13.2 Å². The summed E-state index contributed by atoms with van der Waals surface area (Å²) in [4.78, 5) is 0. The highest BCUT2D eigenvalue weighted by Crippen LogP contribution is 2.24. The van der Waals surface area contributed by atoms with Gasteiger partial charge in [0.05, 0.1) is 5.75 Å². The van der Waals surface area contributed by atoms with Gasteiger partial charge in [-0.1, -0.05) is 0 Å². The van der Waals surface area contributed by atoms with E-state index in [-0.39, 0.29) is 12.5 Å². The van der Waals surface area contributed by atoms with Crippen molar-refractivity contribution in [3.63, 3.8) is 0 Å². The Morgan fingerprint density at radius 2 is 1.84 bits per heavy atom. The van der Waals surface area contributed by atoms with Crippen molar-refractivity contribution >= 4 is 10.0 Å². The molecule has 2 saturated heterocycles. The van der Waals surface area contributed by atoms with E-state index in [1.807, 2.05) is 0 Å². The maximum absolute atomic E-state index is 12.0. The van der Waals surface area contributed by atoms with Gasteiger partial charge < -0.3 is 5.32 Å². The lowest BCUT2D eigenvalue weighted by Gasteiger charge is -2.23. The molecule has 0 aliphatic carbocycles. The Hall–Kier alpha value is -0.340. The summed E-state index contributed by atoms with van der Waals surface area (Å²) in [7, 11) is -3.56. The topological polar surface area (TPSA) is 49.4 Å². The number of rotatable bonds is 4. The number of halogens is 3. The summed E-state index contributed by atoms with van der Waals surface area (Å²) in [5.41, 5.74) is 0. The van der Waals surface area contributed by atoms with Crippen LogP contribution in [0.25, 0.3) is 0 Å². The van der Waals surface area contributed by atoms with Gasteiger partial charge in [0.15, 0.2) is 0 Å². The van der Waals surface area contributed by atoms with Crippen LogP contribution in [0.5, 0.6) is 0 Å². The molecule has 0 saturated carbocycles. The second kappa shape index (κ2) is 5.57. The summed E-state index contributed by atoms with van der Waals surface area (Å²) >= 11 is 0. The second-order valence-corrected chi connectivity index (χ2v) is 7.41. The summed E-state index contributed by atoms with van der Waals surface area (Å²) < 4.78 is 61.6. The quantitative estimate of drug-likeness (QED) is 0.855. The van der Waals surface area contributed by atoms with Crippen LogP contribution in [0.2, 0.25) is 0 Å². The number of nitrogens with one attached hydrogen (secondary N) is 1. The molecule has 0 spiro atoms. The molecule has 2 aliphatic heterocycles. The van der Waals surface area contributed by atoms with Gasteiger partial charge in [-0.25, -0.2) is 12.7 Å². The Bertz CT molecular complexity index is 411. The summed E-state index contributed by atoms with van der Waals surface area (Å²) in [6, 6.07) is 0.519. The maximum Gasteiger partial charge on any atom is 0.389 e. The minimum Gasteiger partial charge on any atom is -0.310 e.